The Morgan fingerprint density at radius 1 is 1.25 bits per heavy atom. The number of rotatable bonds is 6. The average Bonchev–Trinajstić information content (AvgIpc) is 3.32. The highest BCUT2D eigenvalue weighted by Crippen LogP contribution is 2.29. The van der Waals surface area contributed by atoms with E-state index in [2.05, 4.69) is 10.3 Å². The highest BCUT2D eigenvalue weighted by molar-refractivity contribution is 7.17. The third-order valence-corrected chi connectivity index (χ3v) is 5.71. The van der Waals surface area contributed by atoms with Crippen molar-refractivity contribution in [2.45, 2.75) is 6.92 Å². The molecule has 0 saturated heterocycles. The predicted molar refractivity (Wildman–Crippen MR) is 107 cm³/mol. The summed E-state index contributed by atoms with van der Waals surface area (Å²) in [6, 6.07) is 10.9. The van der Waals surface area contributed by atoms with Crippen LogP contribution >= 0.6 is 22.7 Å². The van der Waals surface area contributed by atoms with E-state index in [1.54, 1.807) is 25.5 Å². The molecule has 2 heterocycles. The van der Waals surface area contributed by atoms with Crippen LogP contribution in [0.5, 0.6) is 5.75 Å². The lowest BCUT2D eigenvalue weighted by molar-refractivity contribution is -0.119. The van der Waals surface area contributed by atoms with Crippen LogP contribution in [0.3, 0.4) is 0 Å². The molecule has 0 saturated carbocycles. The third-order valence-electron chi connectivity index (χ3n) is 3.69. The van der Waals surface area contributed by atoms with Crippen molar-refractivity contribution in [3.8, 4) is 22.4 Å². The Kier molecular flexibility index (Phi) is 6.03. The zero-order chi connectivity index (χ0) is 20.1. The van der Waals surface area contributed by atoms with Gasteiger partial charge >= 0.3 is 5.97 Å². The van der Waals surface area contributed by atoms with Crippen LogP contribution in [0.25, 0.3) is 10.6 Å². The van der Waals surface area contributed by atoms with Gasteiger partial charge in [-0.25, -0.2) is 9.78 Å². The first kappa shape index (κ1) is 19.5. The maximum absolute atomic E-state index is 12.3. The number of anilines is 1. The number of esters is 1. The highest BCUT2D eigenvalue weighted by atomic mass is 32.1. The molecule has 0 aliphatic heterocycles. The smallest absolute Gasteiger partial charge is 0.350 e. The first-order valence-corrected chi connectivity index (χ1v) is 9.78. The van der Waals surface area contributed by atoms with Crippen LogP contribution in [0.2, 0.25) is 0 Å². The van der Waals surface area contributed by atoms with Gasteiger partial charge in [-0.3, -0.25) is 4.79 Å². The first-order valence-electron chi connectivity index (χ1n) is 8.08. The Morgan fingerprint density at radius 2 is 2.00 bits per heavy atom. The summed E-state index contributed by atoms with van der Waals surface area (Å²) < 4.78 is 10.2. The lowest BCUT2D eigenvalue weighted by Gasteiger charge is -2.04. The van der Waals surface area contributed by atoms with Gasteiger partial charge in [-0.15, -0.1) is 22.7 Å². The largest absolute Gasteiger partial charge is 0.497 e. The van der Waals surface area contributed by atoms with Gasteiger partial charge in [0, 0.05) is 5.56 Å². The van der Waals surface area contributed by atoms with Crippen LogP contribution in [-0.2, 0) is 9.53 Å². The molecule has 0 aliphatic carbocycles. The van der Waals surface area contributed by atoms with E-state index in [0.717, 1.165) is 11.3 Å². The second-order valence-electron chi connectivity index (χ2n) is 5.56. The number of thiophene rings is 1. The van der Waals surface area contributed by atoms with E-state index in [1.165, 1.54) is 22.7 Å². The number of aromatic nitrogens is 1. The van der Waals surface area contributed by atoms with Gasteiger partial charge in [-0.2, -0.15) is 5.26 Å². The van der Waals surface area contributed by atoms with Crippen molar-refractivity contribution >= 4 is 39.6 Å². The van der Waals surface area contributed by atoms with Crippen molar-refractivity contribution < 1.29 is 19.1 Å². The number of carbonyl (C=O) groups is 2. The van der Waals surface area contributed by atoms with Gasteiger partial charge in [0.25, 0.3) is 5.91 Å². The van der Waals surface area contributed by atoms with Gasteiger partial charge in [0.1, 0.15) is 26.7 Å². The number of methoxy groups -OCH3 is 1. The molecule has 0 unspecified atom stereocenters. The molecule has 0 bridgehead atoms. The fourth-order valence-electron chi connectivity index (χ4n) is 2.30. The van der Waals surface area contributed by atoms with Gasteiger partial charge < -0.3 is 14.8 Å². The van der Waals surface area contributed by atoms with Crippen molar-refractivity contribution in [1.29, 1.82) is 5.26 Å². The Morgan fingerprint density at radius 3 is 2.68 bits per heavy atom. The zero-order valence-corrected chi connectivity index (χ0v) is 16.6. The number of nitriles is 1. The van der Waals surface area contributed by atoms with E-state index in [9.17, 15) is 9.59 Å². The summed E-state index contributed by atoms with van der Waals surface area (Å²) in [6.07, 6.45) is 0. The molecule has 3 rings (SSSR count). The van der Waals surface area contributed by atoms with Crippen molar-refractivity contribution in [2.24, 2.45) is 0 Å². The van der Waals surface area contributed by atoms with E-state index in [-0.39, 0.29) is 0 Å². The first-order chi connectivity index (χ1) is 13.5. The van der Waals surface area contributed by atoms with Gasteiger partial charge in [0.15, 0.2) is 6.61 Å². The van der Waals surface area contributed by atoms with E-state index < -0.39 is 18.5 Å². The number of nitrogens with one attached hydrogen (secondary N) is 1. The lowest BCUT2D eigenvalue weighted by Crippen LogP contribution is -2.20. The van der Waals surface area contributed by atoms with E-state index in [4.69, 9.17) is 14.7 Å². The molecular formula is C19H15N3O4S2. The molecule has 0 fully saturated rings. The summed E-state index contributed by atoms with van der Waals surface area (Å²) in [6.45, 7) is 1.27. The zero-order valence-electron chi connectivity index (χ0n) is 15.0. The van der Waals surface area contributed by atoms with Crippen molar-refractivity contribution in [1.82, 2.24) is 4.98 Å². The molecule has 1 amide bonds. The Hall–Kier alpha value is -3.22. The molecule has 3 aromatic rings. The molecule has 9 heteroatoms. The molecular weight excluding hydrogens is 398 g/mol. The number of benzene rings is 1. The Bertz CT molecular complexity index is 1050. The van der Waals surface area contributed by atoms with Gasteiger partial charge in [0.2, 0.25) is 0 Å². The van der Waals surface area contributed by atoms with Crippen molar-refractivity contribution in [2.75, 3.05) is 19.0 Å². The molecule has 142 valence electrons. The van der Waals surface area contributed by atoms with Crippen LogP contribution in [0.4, 0.5) is 5.00 Å². The number of hydrogen-bond acceptors (Lipinski definition) is 8. The number of carbonyl (C=O) groups excluding carboxylic acids is 2. The quantitative estimate of drug-likeness (QED) is 0.616. The molecule has 7 nitrogen and oxygen atoms in total. The summed E-state index contributed by atoms with van der Waals surface area (Å²) in [7, 11) is 1.59. The fourth-order valence-corrected chi connectivity index (χ4v) is 4.02. The van der Waals surface area contributed by atoms with Gasteiger partial charge in [-0.1, -0.05) is 0 Å². The molecule has 1 aromatic carbocycles. The summed E-state index contributed by atoms with van der Waals surface area (Å²) in [4.78, 5) is 29.1. The topological polar surface area (TPSA) is 101 Å². The van der Waals surface area contributed by atoms with E-state index in [0.29, 0.717) is 26.1 Å². The number of nitrogens with zero attached hydrogens (tertiary/aromatic N) is 2. The molecule has 2 aromatic heterocycles. The minimum atomic E-state index is -0.614. The maximum Gasteiger partial charge on any atom is 0.350 e. The summed E-state index contributed by atoms with van der Waals surface area (Å²) in [5.74, 6) is -0.394. The summed E-state index contributed by atoms with van der Waals surface area (Å²) in [5.41, 5.74) is 1.76. The van der Waals surface area contributed by atoms with E-state index >= 15 is 0 Å². The molecule has 28 heavy (non-hydrogen) atoms. The number of amides is 1. The number of thiazole rings is 1. The van der Waals surface area contributed by atoms with Crippen LogP contribution in [0.15, 0.2) is 35.7 Å². The predicted octanol–water partition coefficient (Wildman–Crippen LogP) is 3.86. The Labute approximate surface area is 169 Å². The standard InChI is InChI=1S/C19H15N3O4S2/c1-11-16(28-18(21-11)12-3-5-14(25-2)6-4-12)19(24)26-10-15(23)22-17-13(9-20)7-8-27-17/h3-8H,10H2,1-2H3,(H,22,23). The molecule has 0 spiro atoms. The minimum absolute atomic E-state index is 0.340. The molecule has 1 N–H and O–H groups in total. The van der Waals surface area contributed by atoms with Crippen LogP contribution < -0.4 is 10.1 Å². The minimum Gasteiger partial charge on any atom is -0.497 e. The van der Waals surface area contributed by atoms with Gasteiger partial charge in [0.05, 0.1) is 18.4 Å². The summed E-state index contributed by atoms with van der Waals surface area (Å²) in [5, 5.41) is 14.3. The molecule has 0 atom stereocenters. The maximum atomic E-state index is 12.3. The van der Waals surface area contributed by atoms with Crippen molar-refractivity contribution in [3.63, 3.8) is 0 Å². The molecule has 0 aliphatic rings. The Balaban J connectivity index is 1.63. The lowest BCUT2D eigenvalue weighted by atomic mass is 10.2. The monoisotopic (exact) mass is 413 g/mol. The fraction of sp³-hybridized carbons (Fsp3) is 0.158. The number of ether oxygens (including phenoxy) is 2. The second-order valence-corrected chi connectivity index (χ2v) is 7.48. The SMILES string of the molecule is COc1ccc(-c2nc(C)c(C(=O)OCC(=O)Nc3sccc3C#N)s2)cc1. The second kappa shape index (κ2) is 8.65. The van der Waals surface area contributed by atoms with Crippen LogP contribution in [0.1, 0.15) is 20.9 Å². The normalized spacial score (nSPS) is 10.2. The number of aryl methyl sites for hydroxylation is 1. The molecule has 0 radical (unpaired) electrons. The highest BCUT2D eigenvalue weighted by Gasteiger charge is 2.19. The van der Waals surface area contributed by atoms with Crippen LogP contribution in [0, 0.1) is 18.3 Å². The van der Waals surface area contributed by atoms with Gasteiger partial charge in [-0.05, 0) is 42.6 Å². The number of hydrogen-bond donors (Lipinski definition) is 1. The third kappa shape index (κ3) is 4.36. The van der Waals surface area contributed by atoms with E-state index in [1.807, 2.05) is 30.3 Å². The average molecular weight is 413 g/mol. The van der Waals surface area contributed by atoms with Crippen molar-refractivity contribution in [3.05, 3.63) is 51.8 Å². The summed E-state index contributed by atoms with van der Waals surface area (Å²) >= 11 is 2.43. The van der Waals surface area contributed by atoms with Crippen LogP contribution in [-0.4, -0.2) is 30.6 Å².